The predicted molar refractivity (Wildman–Crippen MR) is 166 cm³/mol. The van der Waals surface area contributed by atoms with Gasteiger partial charge in [-0.3, -0.25) is 4.79 Å². The minimum absolute atomic E-state index is 0.0316. The first-order valence-electron chi connectivity index (χ1n) is 14.9. The maximum absolute atomic E-state index is 13.7. The third-order valence-corrected chi connectivity index (χ3v) is 9.92. The molecular weight excluding hydrogens is 653 g/mol. The van der Waals surface area contributed by atoms with E-state index < -0.39 is 24.1 Å². The van der Waals surface area contributed by atoms with E-state index in [1.165, 1.54) is 30.0 Å². The van der Waals surface area contributed by atoms with E-state index in [4.69, 9.17) is 32.7 Å². The number of carbonyl (C=O) groups excluding carboxylic acids is 2. The minimum Gasteiger partial charge on any atom is -0.619 e. The van der Waals surface area contributed by atoms with E-state index in [9.17, 15) is 23.6 Å². The molecule has 1 aromatic carbocycles. The molecule has 3 heterocycles. The molecule has 2 atom stereocenters. The number of alkyl halides is 2. The van der Waals surface area contributed by atoms with Gasteiger partial charge in [0.1, 0.15) is 16.1 Å². The number of halogens is 4. The Morgan fingerprint density at radius 3 is 2.47 bits per heavy atom. The Morgan fingerprint density at radius 1 is 1.09 bits per heavy atom. The third-order valence-electron chi connectivity index (χ3n) is 8.08. The lowest BCUT2D eigenvalue weighted by molar-refractivity contribution is -0.605. The Hall–Kier alpha value is -2.58. The Morgan fingerprint density at radius 2 is 1.80 bits per heavy atom. The van der Waals surface area contributed by atoms with Crippen molar-refractivity contribution in [2.75, 3.05) is 58.7 Å². The number of hydrogen-bond donors (Lipinski definition) is 0. The smallest absolute Gasteiger partial charge is 0.387 e. The van der Waals surface area contributed by atoms with Crippen LogP contribution in [0.3, 0.4) is 0 Å². The highest BCUT2D eigenvalue weighted by atomic mass is 35.5. The first kappa shape index (κ1) is 33.8. The van der Waals surface area contributed by atoms with Crippen LogP contribution < -0.4 is 14.2 Å². The van der Waals surface area contributed by atoms with Crippen molar-refractivity contribution in [1.29, 1.82) is 0 Å². The second-order valence-electron chi connectivity index (χ2n) is 11.5. The number of hydrogen-bond acceptors (Lipinski definition) is 9. The van der Waals surface area contributed by atoms with Crippen molar-refractivity contribution in [3.8, 4) is 11.5 Å². The molecule has 2 saturated heterocycles. The summed E-state index contributed by atoms with van der Waals surface area (Å²) in [4.78, 5) is 33.0. The number of ether oxygens (including phenoxy) is 3. The van der Waals surface area contributed by atoms with E-state index in [1.807, 2.05) is 0 Å². The number of piperazine rings is 1. The van der Waals surface area contributed by atoms with Gasteiger partial charge in [0.25, 0.3) is 0 Å². The number of pyridine rings is 1. The lowest BCUT2D eigenvalue weighted by Crippen LogP contribution is -2.46. The molecule has 10 nitrogen and oxygen atoms in total. The molecule has 1 saturated carbocycles. The van der Waals surface area contributed by atoms with E-state index in [-0.39, 0.29) is 40.3 Å². The molecule has 2 aliphatic heterocycles. The first-order valence-corrected chi connectivity index (χ1v) is 16.7. The van der Waals surface area contributed by atoms with Crippen LogP contribution in [0.15, 0.2) is 30.6 Å². The van der Waals surface area contributed by atoms with Crippen LogP contribution in [0.4, 0.5) is 8.78 Å². The summed E-state index contributed by atoms with van der Waals surface area (Å²) in [6.07, 6.45) is 3.49. The number of rotatable bonds is 13. The molecule has 3 fully saturated rings. The molecule has 2 aromatic rings. The average Bonchev–Trinajstić information content (AvgIpc) is 3.69. The summed E-state index contributed by atoms with van der Waals surface area (Å²) in [6, 6.07) is 4.33. The topological polar surface area (TPSA) is 98.5 Å². The van der Waals surface area contributed by atoms with Gasteiger partial charge in [-0.05, 0) is 43.5 Å². The zero-order valence-electron chi connectivity index (χ0n) is 24.8. The van der Waals surface area contributed by atoms with Crippen molar-refractivity contribution in [2.24, 2.45) is 5.92 Å². The number of esters is 1. The highest BCUT2D eigenvalue weighted by Gasteiger charge is 2.38. The van der Waals surface area contributed by atoms with Gasteiger partial charge in [-0.15, -0.1) is 11.8 Å². The van der Waals surface area contributed by atoms with Crippen molar-refractivity contribution >= 4 is 46.8 Å². The number of carbonyl (C=O) groups is 2. The molecular formula is C30H36Cl2F2N4O6S. The number of thioether (sulfide) groups is 1. The molecule has 0 unspecified atom stereocenters. The maximum atomic E-state index is 13.7. The summed E-state index contributed by atoms with van der Waals surface area (Å²) < 4.78 is 43.4. The zero-order chi connectivity index (χ0) is 32.1. The van der Waals surface area contributed by atoms with Crippen molar-refractivity contribution in [3.05, 3.63) is 57.0 Å². The van der Waals surface area contributed by atoms with Crippen LogP contribution in [0.25, 0.3) is 0 Å². The van der Waals surface area contributed by atoms with Gasteiger partial charge in [-0.1, -0.05) is 29.3 Å². The minimum atomic E-state index is -3.06. The van der Waals surface area contributed by atoms with Gasteiger partial charge in [-0.25, -0.2) is 4.79 Å². The van der Waals surface area contributed by atoms with E-state index >= 15 is 0 Å². The normalized spacial score (nSPS) is 20.0. The van der Waals surface area contributed by atoms with Crippen molar-refractivity contribution < 1.29 is 37.3 Å². The Labute approximate surface area is 275 Å². The van der Waals surface area contributed by atoms with E-state index in [2.05, 4.69) is 21.6 Å². The number of likely N-dealkylation sites (N-methyl/N-ethyl adjacent to an activating group) is 1. The number of amides is 1. The lowest BCUT2D eigenvalue weighted by Gasteiger charge is -2.32. The van der Waals surface area contributed by atoms with Crippen LogP contribution in [0.1, 0.15) is 36.5 Å². The van der Waals surface area contributed by atoms with Gasteiger partial charge in [0.05, 0.1) is 6.61 Å². The van der Waals surface area contributed by atoms with Gasteiger partial charge in [0.15, 0.2) is 29.3 Å². The molecule has 0 N–H and O–H groups in total. The third kappa shape index (κ3) is 9.25. The Bertz CT molecular complexity index is 1340. The van der Waals surface area contributed by atoms with Crippen LogP contribution in [-0.4, -0.2) is 97.2 Å². The van der Waals surface area contributed by atoms with Crippen molar-refractivity contribution in [3.63, 3.8) is 0 Å². The maximum Gasteiger partial charge on any atom is 0.387 e. The highest BCUT2D eigenvalue weighted by Crippen LogP contribution is 2.38. The van der Waals surface area contributed by atoms with Gasteiger partial charge in [0.2, 0.25) is 5.91 Å². The summed E-state index contributed by atoms with van der Waals surface area (Å²) in [6.45, 7) is 1.94. The zero-order valence-corrected chi connectivity index (χ0v) is 27.2. The molecule has 0 spiro atoms. The van der Waals surface area contributed by atoms with Gasteiger partial charge >= 0.3 is 12.6 Å². The fourth-order valence-corrected chi connectivity index (χ4v) is 6.97. The molecule has 45 heavy (non-hydrogen) atoms. The summed E-state index contributed by atoms with van der Waals surface area (Å²) in [7, 11) is 2.07. The molecule has 3 aliphatic rings. The van der Waals surface area contributed by atoms with Crippen molar-refractivity contribution in [2.45, 2.75) is 43.8 Å². The quantitative estimate of drug-likeness (QED) is 0.173. The van der Waals surface area contributed by atoms with E-state index in [0.717, 1.165) is 51.4 Å². The molecule has 1 aromatic heterocycles. The van der Waals surface area contributed by atoms with Crippen molar-refractivity contribution in [1.82, 2.24) is 14.7 Å². The molecule has 1 amide bonds. The van der Waals surface area contributed by atoms with E-state index in [0.29, 0.717) is 47.2 Å². The average molecular weight is 690 g/mol. The SMILES string of the molecule is CN1CCN(CCC(=O)N2CCS[C@H]2C(=O)O[C@@H](Cc2c(Cl)c[n+]([O-])cc2Cl)c2ccc(OC(F)F)c(OCC3CC3)c2)CC1. The molecule has 0 bridgehead atoms. The second-order valence-corrected chi connectivity index (χ2v) is 13.5. The molecule has 15 heteroatoms. The van der Waals surface area contributed by atoms with E-state index in [1.54, 1.807) is 4.90 Å². The summed E-state index contributed by atoms with van der Waals surface area (Å²) in [5.41, 5.74) is 0.772. The van der Waals surface area contributed by atoms with Gasteiger partial charge in [0, 0.05) is 63.4 Å². The monoisotopic (exact) mass is 688 g/mol. The number of aromatic nitrogens is 1. The predicted octanol–water partition coefficient (Wildman–Crippen LogP) is 4.38. The number of benzene rings is 1. The van der Waals surface area contributed by atoms with Gasteiger partial charge < -0.3 is 34.1 Å². The van der Waals surface area contributed by atoms with Crippen LogP contribution >= 0.6 is 35.0 Å². The molecule has 5 rings (SSSR count). The molecule has 1 aliphatic carbocycles. The summed E-state index contributed by atoms with van der Waals surface area (Å²) in [5, 5.41) is 11.1. The number of nitrogens with zero attached hydrogens (tertiary/aromatic N) is 4. The van der Waals surface area contributed by atoms with Crippen LogP contribution in [0.2, 0.25) is 10.0 Å². The second kappa shape index (κ2) is 15.3. The van der Waals surface area contributed by atoms with Crippen LogP contribution in [0.5, 0.6) is 11.5 Å². The fourth-order valence-electron chi connectivity index (χ4n) is 5.25. The van der Waals surface area contributed by atoms with Gasteiger partial charge in [-0.2, -0.15) is 13.5 Å². The largest absolute Gasteiger partial charge is 0.619 e. The highest BCUT2D eigenvalue weighted by molar-refractivity contribution is 8.00. The lowest BCUT2D eigenvalue weighted by atomic mass is 10.0. The first-order chi connectivity index (χ1) is 21.6. The Kier molecular flexibility index (Phi) is 11.5. The standard InChI is InChI=1S/C30H36Cl2F2N4O6S/c1-35-8-10-36(11-9-35)7-6-27(39)38-12-13-45-28(38)29(40)43-25(15-21-22(31)16-37(41)17-23(21)32)20-4-5-24(44-30(33)34)26(14-20)42-18-19-2-3-19/h4-5,14,16-17,19,25,28,30H,2-3,6-13,15,18H2,1H3/t25-,28-/m0/s1. The van der Waals surface area contributed by atoms with Crippen LogP contribution in [-0.2, 0) is 20.7 Å². The summed E-state index contributed by atoms with van der Waals surface area (Å²) in [5.74, 6) is 0.0809. The molecule has 246 valence electrons. The molecule has 0 radical (unpaired) electrons. The van der Waals surface area contributed by atoms with Crippen LogP contribution in [0, 0.1) is 11.1 Å². The fraction of sp³-hybridized carbons (Fsp3) is 0.567. The Balaban J connectivity index is 1.35. The summed E-state index contributed by atoms with van der Waals surface area (Å²) >= 11 is 14.1.